The van der Waals surface area contributed by atoms with Crippen LogP contribution in [0.1, 0.15) is 23.2 Å². The molecule has 1 aromatic heterocycles. The molecule has 0 fully saturated rings. The van der Waals surface area contributed by atoms with Crippen LogP contribution in [-0.2, 0) is 19.6 Å². The molecule has 1 aromatic carbocycles. The topological polar surface area (TPSA) is 28.2 Å². The molecule has 2 rings (SSSR count). The Balaban J connectivity index is 1.89. The lowest BCUT2D eigenvalue weighted by atomic mass is 10.2. The number of aromatic nitrogens is 1. The summed E-state index contributed by atoms with van der Waals surface area (Å²) in [4.78, 5) is 6.86. The molecule has 2 aromatic rings. The van der Waals surface area contributed by atoms with Crippen molar-refractivity contribution in [3.05, 3.63) is 50.9 Å². The van der Waals surface area contributed by atoms with Gasteiger partial charge >= 0.3 is 0 Å². The summed E-state index contributed by atoms with van der Waals surface area (Å²) in [5, 5.41) is 7.40. The second-order valence-corrected chi connectivity index (χ2v) is 6.13. The normalized spacial score (nSPS) is 11.2. The minimum atomic E-state index is 0.825. The van der Waals surface area contributed by atoms with Crippen molar-refractivity contribution in [3.8, 4) is 0 Å². The Morgan fingerprint density at radius 1 is 1.30 bits per heavy atom. The molecular formula is C15H20ClN3S. The standard InChI is InChI=1S/C15H20ClN3S/c1-3-17-8-15-18-13(11-20-15)10-19(2)9-12-6-4-5-7-14(12)16/h4-7,11,17H,3,8-10H2,1-2H3. The molecule has 0 aliphatic carbocycles. The molecule has 0 amide bonds. The number of halogens is 1. The van der Waals surface area contributed by atoms with Crippen LogP contribution in [0.5, 0.6) is 0 Å². The van der Waals surface area contributed by atoms with Crippen LogP contribution in [0.4, 0.5) is 0 Å². The lowest BCUT2D eigenvalue weighted by Gasteiger charge is -2.16. The summed E-state index contributed by atoms with van der Waals surface area (Å²) >= 11 is 7.90. The molecule has 20 heavy (non-hydrogen) atoms. The summed E-state index contributed by atoms with van der Waals surface area (Å²) in [6, 6.07) is 7.98. The molecule has 0 aliphatic rings. The Morgan fingerprint density at radius 3 is 2.85 bits per heavy atom. The molecule has 5 heteroatoms. The van der Waals surface area contributed by atoms with Gasteiger partial charge in [0.25, 0.3) is 0 Å². The second-order valence-electron chi connectivity index (χ2n) is 4.78. The van der Waals surface area contributed by atoms with Crippen molar-refractivity contribution < 1.29 is 0 Å². The molecule has 3 nitrogen and oxygen atoms in total. The van der Waals surface area contributed by atoms with Crippen molar-refractivity contribution in [3.63, 3.8) is 0 Å². The highest BCUT2D eigenvalue weighted by Gasteiger charge is 2.07. The molecule has 0 saturated carbocycles. The van der Waals surface area contributed by atoms with E-state index in [4.69, 9.17) is 11.6 Å². The summed E-state index contributed by atoms with van der Waals surface area (Å²) in [5.41, 5.74) is 2.28. The number of hydrogen-bond acceptors (Lipinski definition) is 4. The lowest BCUT2D eigenvalue weighted by Crippen LogP contribution is -2.18. The van der Waals surface area contributed by atoms with Crippen molar-refractivity contribution in [2.45, 2.75) is 26.6 Å². The summed E-state index contributed by atoms with van der Waals surface area (Å²) < 4.78 is 0. The molecule has 0 aliphatic heterocycles. The minimum absolute atomic E-state index is 0.825. The van der Waals surface area contributed by atoms with Crippen LogP contribution >= 0.6 is 22.9 Å². The number of benzene rings is 1. The van der Waals surface area contributed by atoms with Crippen molar-refractivity contribution in [1.29, 1.82) is 0 Å². The second kappa shape index (κ2) is 7.74. The van der Waals surface area contributed by atoms with Gasteiger partial charge in [0.15, 0.2) is 0 Å². The first-order valence-electron chi connectivity index (χ1n) is 6.75. The van der Waals surface area contributed by atoms with Gasteiger partial charge in [0.05, 0.1) is 5.69 Å². The van der Waals surface area contributed by atoms with Gasteiger partial charge in [-0.15, -0.1) is 11.3 Å². The van der Waals surface area contributed by atoms with E-state index in [-0.39, 0.29) is 0 Å². The van der Waals surface area contributed by atoms with Crippen LogP contribution in [0.15, 0.2) is 29.6 Å². The van der Waals surface area contributed by atoms with Crippen LogP contribution in [0.3, 0.4) is 0 Å². The maximum Gasteiger partial charge on any atom is 0.107 e. The summed E-state index contributed by atoms with van der Waals surface area (Å²) in [6.07, 6.45) is 0. The average molecular weight is 310 g/mol. The highest BCUT2D eigenvalue weighted by atomic mass is 35.5. The van der Waals surface area contributed by atoms with Gasteiger partial charge in [-0.1, -0.05) is 36.7 Å². The third kappa shape index (κ3) is 4.56. The number of nitrogens with one attached hydrogen (secondary N) is 1. The SMILES string of the molecule is CCNCc1nc(CN(C)Cc2ccccc2Cl)cs1. The zero-order valence-electron chi connectivity index (χ0n) is 11.9. The summed E-state index contributed by atoms with van der Waals surface area (Å²) in [5.74, 6) is 0. The number of thiazole rings is 1. The molecule has 108 valence electrons. The van der Waals surface area contributed by atoms with Crippen LogP contribution in [0.2, 0.25) is 5.02 Å². The zero-order valence-corrected chi connectivity index (χ0v) is 13.5. The Morgan fingerprint density at radius 2 is 2.10 bits per heavy atom. The van der Waals surface area contributed by atoms with Crippen LogP contribution in [-0.4, -0.2) is 23.5 Å². The van der Waals surface area contributed by atoms with Gasteiger partial charge in [0, 0.05) is 30.0 Å². The van der Waals surface area contributed by atoms with E-state index in [9.17, 15) is 0 Å². The Hall–Kier alpha value is -0.940. The van der Waals surface area contributed by atoms with Gasteiger partial charge in [0.1, 0.15) is 5.01 Å². The van der Waals surface area contributed by atoms with Crippen LogP contribution in [0, 0.1) is 0 Å². The van der Waals surface area contributed by atoms with Gasteiger partial charge in [0.2, 0.25) is 0 Å². The Bertz CT molecular complexity index is 541. The highest BCUT2D eigenvalue weighted by molar-refractivity contribution is 7.09. The third-order valence-electron chi connectivity index (χ3n) is 2.96. The van der Waals surface area contributed by atoms with Gasteiger partial charge in [-0.05, 0) is 25.2 Å². The number of nitrogens with zero attached hydrogens (tertiary/aromatic N) is 2. The monoisotopic (exact) mass is 309 g/mol. The first-order valence-corrected chi connectivity index (χ1v) is 8.00. The molecular weight excluding hydrogens is 290 g/mol. The van der Waals surface area contributed by atoms with Gasteiger partial charge in [-0.25, -0.2) is 4.98 Å². The maximum atomic E-state index is 6.18. The molecule has 1 heterocycles. The molecule has 0 saturated heterocycles. The van der Waals surface area contributed by atoms with E-state index in [1.807, 2.05) is 18.2 Å². The summed E-state index contributed by atoms with van der Waals surface area (Å²) in [6.45, 7) is 5.61. The molecule has 0 radical (unpaired) electrons. The minimum Gasteiger partial charge on any atom is -0.311 e. The van der Waals surface area contributed by atoms with E-state index in [1.54, 1.807) is 11.3 Å². The van der Waals surface area contributed by atoms with Crippen LogP contribution in [0.25, 0.3) is 0 Å². The number of hydrogen-bond donors (Lipinski definition) is 1. The fourth-order valence-corrected chi connectivity index (χ4v) is 2.93. The first kappa shape index (κ1) is 15.4. The Labute approximate surface area is 129 Å². The average Bonchev–Trinajstić information content (AvgIpc) is 2.86. The molecule has 1 N–H and O–H groups in total. The van der Waals surface area contributed by atoms with Crippen molar-refractivity contribution in [2.24, 2.45) is 0 Å². The third-order valence-corrected chi connectivity index (χ3v) is 4.22. The van der Waals surface area contributed by atoms with E-state index in [0.717, 1.165) is 47.5 Å². The van der Waals surface area contributed by atoms with E-state index in [1.165, 1.54) is 0 Å². The quantitative estimate of drug-likeness (QED) is 0.848. The highest BCUT2D eigenvalue weighted by Crippen LogP contribution is 2.18. The van der Waals surface area contributed by atoms with Gasteiger partial charge in [-0.2, -0.15) is 0 Å². The fraction of sp³-hybridized carbons (Fsp3) is 0.400. The van der Waals surface area contributed by atoms with E-state index < -0.39 is 0 Å². The predicted molar refractivity (Wildman–Crippen MR) is 86.1 cm³/mol. The summed E-state index contributed by atoms with van der Waals surface area (Å²) in [7, 11) is 2.09. The first-order chi connectivity index (χ1) is 9.69. The smallest absolute Gasteiger partial charge is 0.107 e. The molecule has 0 spiro atoms. The predicted octanol–water partition coefficient (Wildman–Crippen LogP) is 3.54. The molecule has 0 atom stereocenters. The van der Waals surface area contributed by atoms with E-state index >= 15 is 0 Å². The lowest BCUT2D eigenvalue weighted by molar-refractivity contribution is 0.315. The van der Waals surface area contributed by atoms with E-state index in [0.29, 0.717) is 0 Å². The zero-order chi connectivity index (χ0) is 14.4. The van der Waals surface area contributed by atoms with Gasteiger partial charge < -0.3 is 5.32 Å². The Kier molecular flexibility index (Phi) is 5.98. The maximum absolute atomic E-state index is 6.18. The van der Waals surface area contributed by atoms with Crippen molar-refractivity contribution >= 4 is 22.9 Å². The molecule has 0 bridgehead atoms. The van der Waals surface area contributed by atoms with E-state index in [2.05, 4.69) is 40.6 Å². The van der Waals surface area contributed by atoms with Crippen molar-refractivity contribution in [1.82, 2.24) is 15.2 Å². The van der Waals surface area contributed by atoms with Gasteiger partial charge in [-0.3, -0.25) is 4.90 Å². The number of rotatable bonds is 7. The molecule has 0 unspecified atom stereocenters. The fourth-order valence-electron chi connectivity index (χ4n) is 1.98. The largest absolute Gasteiger partial charge is 0.311 e. The van der Waals surface area contributed by atoms with Crippen molar-refractivity contribution in [2.75, 3.05) is 13.6 Å². The van der Waals surface area contributed by atoms with Crippen LogP contribution < -0.4 is 5.32 Å².